The topological polar surface area (TPSA) is 47.9 Å². The van der Waals surface area contributed by atoms with Crippen LogP contribution in [0.2, 0.25) is 45.8 Å². The van der Waals surface area contributed by atoms with Crippen LogP contribution in [0.1, 0.15) is 12.8 Å². The zero-order chi connectivity index (χ0) is 15.2. The summed E-state index contributed by atoms with van der Waals surface area (Å²) in [5, 5.41) is 8.75. The first-order valence-electron chi connectivity index (χ1n) is 7.06. The lowest BCUT2D eigenvalue weighted by Gasteiger charge is -2.38. The molecule has 0 aliphatic rings. The van der Waals surface area contributed by atoms with Gasteiger partial charge in [-0.25, -0.2) is 0 Å². The third-order valence-corrected chi connectivity index (χ3v) is 11.2. The van der Waals surface area contributed by atoms with Crippen molar-refractivity contribution in [2.75, 3.05) is 19.4 Å². The fraction of sp³-hybridized carbons (Fsp3) is 1.00. The molecule has 19 heavy (non-hydrogen) atoms. The standard InChI is InChI=1S/C12H32O4Si3/c1-17(2,3)15-19(7,16-18(4,5)6)12-14-11-9-8-10-13/h13H,8-12H2,1-7H3. The maximum absolute atomic E-state index is 8.75. The van der Waals surface area contributed by atoms with Crippen molar-refractivity contribution in [3.05, 3.63) is 0 Å². The second kappa shape index (κ2) is 8.06. The smallest absolute Gasteiger partial charge is 0.341 e. The van der Waals surface area contributed by atoms with Gasteiger partial charge in [0.05, 0.1) is 6.23 Å². The molecular weight excluding hydrogens is 292 g/mol. The summed E-state index contributed by atoms with van der Waals surface area (Å²) in [6, 6.07) is 0. The highest BCUT2D eigenvalue weighted by molar-refractivity contribution is 6.87. The van der Waals surface area contributed by atoms with Crippen LogP contribution in [0.25, 0.3) is 0 Å². The molecule has 0 aliphatic carbocycles. The molecule has 0 radical (unpaired) electrons. The van der Waals surface area contributed by atoms with Gasteiger partial charge in [-0.1, -0.05) is 0 Å². The van der Waals surface area contributed by atoms with Crippen LogP contribution in [0, 0.1) is 0 Å². The predicted octanol–water partition coefficient (Wildman–Crippen LogP) is 3.09. The summed E-state index contributed by atoms with van der Waals surface area (Å²) >= 11 is 0. The van der Waals surface area contributed by atoms with Crippen molar-refractivity contribution in [2.24, 2.45) is 0 Å². The first kappa shape index (κ1) is 19.5. The quantitative estimate of drug-likeness (QED) is 0.495. The molecule has 4 nitrogen and oxygen atoms in total. The van der Waals surface area contributed by atoms with Crippen LogP contribution in [0.15, 0.2) is 0 Å². The second-order valence-electron chi connectivity index (χ2n) is 7.05. The highest BCUT2D eigenvalue weighted by Gasteiger charge is 2.40. The Kier molecular flexibility index (Phi) is 8.27. The molecule has 0 spiro atoms. The molecule has 0 amide bonds. The fourth-order valence-electron chi connectivity index (χ4n) is 1.95. The molecule has 0 fully saturated rings. The Morgan fingerprint density at radius 2 is 1.26 bits per heavy atom. The summed E-state index contributed by atoms with van der Waals surface area (Å²) in [7, 11) is -5.50. The number of rotatable bonds is 10. The van der Waals surface area contributed by atoms with Crippen molar-refractivity contribution >= 4 is 25.2 Å². The number of ether oxygens (including phenoxy) is 1. The van der Waals surface area contributed by atoms with E-state index in [1.165, 1.54) is 0 Å². The van der Waals surface area contributed by atoms with E-state index in [0.717, 1.165) is 12.8 Å². The molecule has 0 aliphatic heterocycles. The van der Waals surface area contributed by atoms with Crippen LogP contribution in [-0.2, 0) is 13.0 Å². The lowest BCUT2D eigenvalue weighted by Crippen LogP contribution is -2.55. The normalized spacial score (nSPS) is 13.9. The summed E-state index contributed by atoms with van der Waals surface area (Å²) in [6.45, 7) is 16.2. The fourth-order valence-corrected chi connectivity index (χ4v) is 13.8. The molecule has 7 heteroatoms. The predicted molar refractivity (Wildman–Crippen MR) is 87.6 cm³/mol. The van der Waals surface area contributed by atoms with Crippen molar-refractivity contribution in [2.45, 2.75) is 58.7 Å². The van der Waals surface area contributed by atoms with Crippen LogP contribution in [-0.4, -0.2) is 49.7 Å². The summed E-state index contributed by atoms with van der Waals surface area (Å²) in [6.07, 6.45) is 2.27. The number of aliphatic hydroxyl groups excluding tert-OH is 1. The Labute approximate surface area is 122 Å². The molecule has 0 heterocycles. The molecule has 0 rings (SSSR count). The van der Waals surface area contributed by atoms with E-state index in [2.05, 4.69) is 45.8 Å². The Morgan fingerprint density at radius 1 is 0.789 bits per heavy atom. The van der Waals surface area contributed by atoms with Gasteiger partial charge in [0, 0.05) is 13.2 Å². The second-order valence-corrected chi connectivity index (χ2v) is 19.7. The first-order valence-corrected chi connectivity index (χ1v) is 16.4. The van der Waals surface area contributed by atoms with Gasteiger partial charge in [0.25, 0.3) is 0 Å². The van der Waals surface area contributed by atoms with Crippen LogP contribution in [0.4, 0.5) is 0 Å². The van der Waals surface area contributed by atoms with E-state index in [0.29, 0.717) is 12.8 Å². The summed E-state index contributed by atoms with van der Waals surface area (Å²) in [5.74, 6) is 0. The zero-order valence-electron chi connectivity index (χ0n) is 13.7. The number of hydrogen-bond acceptors (Lipinski definition) is 4. The van der Waals surface area contributed by atoms with E-state index in [1.54, 1.807) is 0 Å². The average molecular weight is 325 g/mol. The maximum Gasteiger partial charge on any atom is 0.341 e. The van der Waals surface area contributed by atoms with Gasteiger partial charge < -0.3 is 18.1 Å². The minimum absolute atomic E-state index is 0.231. The minimum Gasteiger partial charge on any atom is -0.435 e. The molecule has 0 aromatic heterocycles. The third-order valence-electron chi connectivity index (χ3n) is 2.11. The summed E-state index contributed by atoms with van der Waals surface area (Å²) < 4.78 is 18.4. The Morgan fingerprint density at radius 3 is 1.63 bits per heavy atom. The molecule has 0 aromatic carbocycles. The molecule has 0 saturated carbocycles. The molecular formula is C12H32O4Si3. The molecule has 0 bridgehead atoms. The van der Waals surface area contributed by atoms with Crippen molar-refractivity contribution < 1.29 is 18.1 Å². The lowest BCUT2D eigenvalue weighted by molar-refractivity contribution is 0.139. The highest BCUT2D eigenvalue weighted by atomic mass is 28.5. The summed E-state index contributed by atoms with van der Waals surface area (Å²) in [4.78, 5) is 0. The molecule has 0 aromatic rings. The van der Waals surface area contributed by atoms with Gasteiger partial charge in [-0.05, 0) is 58.7 Å². The number of unbranched alkanes of at least 4 members (excludes halogenated alkanes) is 1. The van der Waals surface area contributed by atoms with Crippen LogP contribution in [0.3, 0.4) is 0 Å². The highest BCUT2D eigenvalue weighted by Crippen LogP contribution is 2.21. The van der Waals surface area contributed by atoms with Crippen molar-refractivity contribution in [3.8, 4) is 0 Å². The van der Waals surface area contributed by atoms with Crippen LogP contribution < -0.4 is 0 Å². The lowest BCUT2D eigenvalue weighted by atomic mass is 10.3. The molecule has 0 unspecified atom stereocenters. The van der Waals surface area contributed by atoms with Gasteiger partial charge in [-0.2, -0.15) is 0 Å². The molecule has 1 N–H and O–H groups in total. The Balaban J connectivity index is 4.41. The SMILES string of the molecule is C[Si](C)(C)O[Si](C)(COCCCCO)O[Si](C)(C)C. The summed E-state index contributed by atoms with van der Waals surface area (Å²) in [5.41, 5.74) is 0. The Hall–Kier alpha value is 0.491. The van der Waals surface area contributed by atoms with Crippen molar-refractivity contribution in [1.82, 2.24) is 0 Å². The maximum atomic E-state index is 8.75. The molecule has 0 atom stereocenters. The van der Waals surface area contributed by atoms with Crippen LogP contribution >= 0.6 is 0 Å². The van der Waals surface area contributed by atoms with E-state index < -0.39 is 25.2 Å². The van der Waals surface area contributed by atoms with Gasteiger partial charge in [0.15, 0.2) is 16.6 Å². The van der Waals surface area contributed by atoms with Gasteiger partial charge in [-0.3, -0.25) is 0 Å². The third kappa shape index (κ3) is 12.0. The van der Waals surface area contributed by atoms with Gasteiger partial charge in [-0.15, -0.1) is 0 Å². The minimum atomic E-state index is -2.24. The molecule has 0 saturated heterocycles. The first-order chi connectivity index (χ1) is 8.47. The van der Waals surface area contributed by atoms with E-state index in [1.807, 2.05) is 0 Å². The van der Waals surface area contributed by atoms with E-state index >= 15 is 0 Å². The van der Waals surface area contributed by atoms with E-state index in [-0.39, 0.29) is 6.61 Å². The van der Waals surface area contributed by atoms with E-state index in [4.69, 9.17) is 18.1 Å². The monoisotopic (exact) mass is 324 g/mol. The number of aliphatic hydroxyl groups is 1. The van der Waals surface area contributed by atoms with Gasteiger partial charge in [0.1, 0.15) is 0 Å². The van der Waals surface area contributed by atoms with E-state index in [9.17, 15) is 0 Å². The van der Waals surface area contributed by atoms with Gasteiger partial charge >= 0.3 is 8.56 Å². The Bertz CT molecular complexity index is 232. The zero-order valence-corrected chi connectivity index (χ0v) is 16.7. The van der Waals surface area contributed by atoms with Gasteiger partial charge in [0.2, 0.25) is 0 Å². The average Bonchev–Trinajstić information content (AvgIpc) is 2.10. The number of hydrogen-bond donors (Lipinski definition) is 1. The van der Waals surface area contributed by atoms with Crippen LogP contribution in [0.5, 0.6) is 0 Å². The molecule has 116 valence electrons. The van der Waals surface area contributed by atoms with Crippen molar-refractivity contribution in [1.29, 1.82) is 0 Å². The largest absolute Gasteiger partial charge is 0.435 e. The van der Waals surface area contributed by atoms with Crippen molar-refractivity contribution in [3.63, 3.8) is 0 Å².